The maximum absolute atomic E-state index is 4.45. The van der Waals surface area contributed by atoms with E-state index in [4.69, 9.17) is 0 Å². The first-order valence-corrected chi connectivity index (χ1v) is 6.91. The van der Waals surface area contributed by atoms with Crippen LogP contribution in [0.25, 0.3) is 11.3 Å². The molecule has 1 N–H and O–H groups in total. The van der Waals surface area contributed by atoms with E-state index < -0.39 is 0 Å². The first-order chi connectivity index (χ1) is 9.84. The molecule has 0 bridgehead atoms. The molecule has 3 nitrogen and oxygen atoms in total. The Bertz CT molecular complexity index is 743. The second-order valence-corrected chi connectivity index (χ2v) is 5.21. The summed E-state index contributed by atoms with van der Waals surface area (Å²) in [6.07, 6.45) is 0. The van der Waals surface area contributed by atoms with Crippen LogP contribution in [0.5, 0.6) is 0 Å². The minimum atomic E-state index is 0.123. The van der Waals surface area contributed by atoms with Gasteiger partial charge in [0, 0.05) is 23.4 Å². The highest BCUT2D eigenvalue weighted by Crippen LogP contribution is 2.41. The first-order valence-electron chi connectivity index (χ1n) is 6.91. The van der Waals surface area contributed by atoms with Gasteiger partial charge in [0.25, 0.3) is 0 Å². The van der Waals surface area contributed by atoms with E-state index in [2.05, 4.69) is 71.0 Å². The van der Waals surface area contributed by atoms with Gasteiger partial charge in [0.05, 0.1) is 6.04 Å². The Balaban J connectivity index is 2.04. The van der Waals surface area contributed by atoms with Crippen LogP contribution in [0.15, 0.2) is 58.8 Å². The molecule has 1 unspecified atom stereocenters. The van der Waals surface area contributed by atoms with Gasteiger partial charge in [0.1, 0.15) is 5.70 Å². The lowest BCUT2D eigenvalue weighted by Gasteiger charge is -2.20. The van der Waals surface area contributed by atoms with Crippen LogP contribution in [-0.4, -0.2) is 6.04 Å². The van der Waals surface area contributed by atoms with E-state index in [1.54, 1.807) is 0 Å². The summed E-state index contributed by atoms with van der Waals surface area (Å²) in [5.74, 6) is 0. The van der Waals surface area contributed by atoms with Crippen LogP contribution in [0.4, 0.5) is 5.69 Å². The number of para-hydroxylation sites is 1. The summed E-state index contributed by atoms with van der Waals surface area (Å²) in [5, 5.41) is 12.3. The minimum Gasteiger partial charge on any atom is -0.380 e. The number of rotatable bonds is 0. The summed E-state index contributed by atoms with van der Waals surface area (Å²) in [4.78, 5) is 0. The Hall–Kier alpha value is -2.42. The molecule has 0 radical (unpaired) electrons. The number of nitrogens with one attached hydrogen (secondary N) is 1. The quantitative estimate of drug-likeness (QED) is 0.752. The van der Waals surface area contributed by atoms with Gasteiger partial charge in [-0.15, -0.1) is 0 Å². The number of nitrogens with zero attached hydrogens (tertiary/aromatic N) is 2. The maximum Gasteiger partial charge on any atom is 0.101 e. The van der Waals surface area contributed by atoms with Crippen LogP contribution in [0.3, 0.4) is 0 Å². The molecule has 20 heavy (non-hydrogen) atoms. The molecule has 1 atom stereocenters. The van der Waals surface area contributed by atoms with Crippen LogP contribution in [-0.2, 0) is 6.54 Å². The minimum absolute atomic E-state index is 0.123. The monoisotopic (exact) mass is 261 g/mol. The second-order valence-electron chi connectivity index (χ2n) is 5.21. The highest BCUT2D eigenvalue weighted by atomic mass is 15.2. The number of hydrogen-bond donors (Lipinski definition) is 1. The fraction of sp³-hybridized carbons (Fsp3) is 0.176. The molecular formula is C17H15N3. The van der Waals surface area contributed by atoms with E-state index in [-0.39, 0.29) is 6.04 Å². The second kappa shape index (κ2) is 4.30. The van der Waals surface area contributed by atoms with Crippen molar-refractivity contribution in [1.82, 2.24) is 0 Å². The molecule has 4 rings (SSSR count). The van der Waals surface area contributed by atoms with Gasteiger partial charge in [0.15, 0.2) is 0 Å². The van der Waals surface area contributed by atoms with Gasteiger partial charge in [-0.05, 0) is 24.1 Å². The Morgan fingerprint density at radius 3 is 2.65 bits per heavy atom. The van der Waals surface area contributed by atoms with E-state index in [0.717, 1.165) is 23.5 Å². The number of azo groups is 1. The molecule has 0 spiro atoms. The van der Waals surface area contributed by atoms with Crippen molar-refractivity contribution in [2.24, 2.45) is 10.2 Å². The standard InChI is InChI=1S/C17H15N3/c1-11-16-13-7-3-2-6-12(13)10-18-15-9-5-4-8-14(15)17(16)20-19-11/h2-9,11,18H,10H2,1H3. The fourth-order valence-corrected chi connectivity index (χ4v) is 2.98. The first kappa shape index (κ1) is 11.4. The zero-order valence-electron chi connectivity index (χ0n) is 11.3. The average molecular weight is 261 g/mol. The zero-order chi connectivity index (χ0) is 13.5. The summed E-state index contributed by atoms with van der Waals surface area (Å²) in [6.45, 7) is 2.94. The van der Waals surface area contributed by atoms with Crippen molar-refractivity contribution >= 4 is 17.0 Å². The fourth-order valence-electron chi connectivity index (χ4n) is 2.98. The third-order valence-corrected chi connectivity index (χ3v) is 3.96. The van der Waals surface area contributed by atoms with Crippen LogP contribution < -0.4 is 5.32 Å². The molecule has 0 aliphatic carbocycles. The molecule has 98 valence electrons. The van der Waals surface area contributed by atoms with Gasteiger partial charge in [0.2, 0.25) is 0 Å². The molecule has 2 aromatic carbocycles. The summed E-state index contributed by atoms with van der Waals surface area (Å²) >= 11 is 0. The Morgan fingerprint density at radius 2 is 1.75 bits per heavy atom. The summed E-state index contributed by atoms with van der Waals surface area (Å²) in [5.41, 5.74) is 7.09. The SMILES string of the molecule is CC1N=NC2=C1c1ccccc1CNc1ccccc12. The highest BCUT2D eigenvalue weighted by molar-refractivity contribution is 5.98. The van der Waals surface area contributed by atoms with E-state index in [1.165, 1.54) is 16.7 Å². The van der Waals surface area contributed by atoms with Crippen LogP contribution >= 0.6 is 0 Å². The number of benzene rings is 2. The smallest absolute Gasteiger partial charge is 0.101 e. The van der Waals surface area contributed by atoms with Crippen LogP contribution in [0, 0.1) is 0 Å². The molecule has 2 aliphatic rings. The molecule has 3 heteroatoms. The Kier molecular flexibility index (Phi) is 2.46. The number of hydrogen-bond acceptors (Lipinski definition) is 3. The van der Waals surface area contributed by atoms with E-state index in [1.807, 2.05) is 0 Å². The molecule has 0 saturated heterocycles. The van der Waals surface area contributed by atoms with Crippen molar-refractivity contribution < 1.29 is 0 Å². The highest BCUT2D eigenvalue weighted by Gasteiger charge is 2.27. The van der Waals surface area contributed by atoms with Crippen LogP contribution in [0.1, 0.15) is 23.6 Å². The van der Waals surface area contributed by atoms with Gasteiger partial charge in [-0.3, -0.25) is 0 Å². The third-order valence-electron chi connectivity index (χ3n) is 3.96. The summed E-state index contributed by atoms with van der Waals surface area (Å²) in [7, 11) is 0. The predicted octanol–water partition coefficient (Wildman–Crippen LogP) is 4.33. The lowest BCUT2D eigenvalue weighted by molar-refractivity contribution is 0.906. The molecule has 2 aromatic rings. The van der Waals surface area contributed by atoms with E-state index >= 15 is 0 Å². The molecule has 2 heterocycles. The van der Waals surface area contributed by atoms with Crippen molar-refractivity contribution in [3.8, 4) is 0 Å². The summed E-state index contributed by atoms with van der Waals surface area (Å²) in [6, 6.07) is 17.0. The van der Waals surface area contributed by atoms with E-state index in [9.17, 15) is 0 Å². The number of anilines is 1. The zero-order valence-corrected chi connectivity index (χ0v) is 11.3. The average Bonchev–Trinajstić information content (AvgIpc) is 2.85. The predicted molar refractivity (Wildman–Crippen MR) is 81.3 cm³/mol. The molecular weight excluding hydrogens is 246 g/mol. The van der Waals surface area contributed by atoms with Crippen molar-refractivity contribution in [2.45, 2.75) is 19.5 Å². The van der Waals surface area contributed by atoms with Crippen molar-refractivity contribution in [3.63, 3.8) is 0 Å². The normalized spacial score (nSPS) is 19.6. The van der Waals surface area contributed by atoms with Gasteiger partial charge in [-0.2, -0.15) is 10.2 Å². The lowest BCUT2D eigenvalue weighted by atomic mass is 9.90. The molecule has 0 saturated carbocycles. The molecule has 2 aliphatic heterocycles. The van der Waals surface area contributed by atoms with Crippen LogP contribution in [0.2, 0.25) is 0 Å². The molecule has 0 aromatic heterocycles. The lowest BCUT2D eigenvalue weighted by Crippen LogP contribution is -2.10. The molecule has 0 amide bonds. The largest absolute Gasteiger partial charge is 0.380 e. The topological polar surface area (TPSA) is 36.8 Å². The van der Waals surface area contributed by atoms with Crippen molar-refractivity contribution in [3.05, 3.63) is 65.2 Å². The third kappa shape index (κ3) is 1.59. The Morgan fingerprint density at radius 1 is 1.00 bits per heavy atom. The summed E-state index contributed by atoms with van der Waals surface area (Å²) < 4.78 is 0. The number of fused-ring (bicyclic) bond motifs is 4. The van der Waals surface area contributed by atoms with Gasteiger partial charge in [-0.25, -0.2) is 0 Å². The van der Waals surface area contributed by atoms with Gasteiger partial charge < -0.3 is 5.32 Å². The Labute approximate surface area is 118 Å². The maximum atomic E-state index is 4.45. The van der Waals surface area contributed by atoms with E-state index in [0.29, 0.717) is 0 Å². The van der Waals surface area contributed by atoms with Crippen molar-refractivity contribution in [1.29, 1.82) is 0 Å². The van der Waals surface area contributed by atoms with Crippen molar-refractivity contribution in [2.75, 3.05) is 5.32 Å². The van der Waals surface area contributed by atoms with Gasteiger partial charge >= 0.3 is 0 Å². The molecule has 0 fully saturated rings. The van der Waals surface area contributed by atoms with Gasteiger partial charge in [-0.1, -0.05) is 42.5 Å².